The monoisotopic (exact) mass is 318 g/mol. The zero-order chi connectivity index (χ0) is 16.3. The molecule has 0 amide bonds. The molecule has 2 aromatic carbocycles. The Morgan fingerprint density at radius 3 is 1.83 bits per heavy atom. The van der Waals surface area contributed by atoms with E-state index in [-0.39, 0.29) is 0 Å². The Bertz CT molecular complexity index is 733. The van der Waals surface area contributed by atoms with E-state index in [1.807, 2.05) is 0 Å². The molecule has 2 heteroatoms. The second-order valence-corrected chi connectivity index (χ2v) is 8.53. The minimum absolute atomic E-state index is 0.304. The fourth-order valence-electron chi connectivity index (χ4n) is 6.57. The standard InChI is InChI=1S/C22H26N2/c23-19-5-1-16(2-6-19)21-17-10-14-9-15(11-17)13-22(21,12-14)18-3-7-20(24)8-4-18/h1-8,14-15,17,21H,9-13,23-24H2. The lowest BCUT2D eigenvalue weighted by atomic mass is 9.42. The Kier molecular flexibility index (Phi) is 3.01. The van der Waals surface area contributed by atoms with Gasteiger partial charge in [0.25, 0.3) is 0 Å². The maximum Gasteiger partial charge on any atom is 0.0314 e. The summed E-state index contributed by atoms with van der Waals surface area (Å²) in [5.41, 5.74) is 17.0. The normalized spacial score (nSPS) is 36.8. The molecule has 4 aliphatic carbocycles. The van der Waals surface area contributed by atoms with Gasteiger partial charge in [-0.05, 0) is 91.2 Å². The van der Waals surface area contributed by atoms with E-state index in [1.54, 1.807) is 0 Å². The molecule has 4 aliphatic rings. The zero-order valence-corrected chi connectivity index (χ0v) is 14.1. The lowest BCUT2D eigenvalue weighted by Gasteiger charge is -2.62. The van der Waals surface area contributed by atoms with Crippen LogP contribution >= 0.6 is 0 Å². The molecule has 0 aliphatic heterocycles. The number of rotatable bonds is 2. The summed E-state index contributed by atoms with van der Waals surface area (Å²) in [4.78, 5) is 0. The molecule has 0 aromatic heterocycles. The first kappa shape index (κ1) is 14.4. The zero-order valence-electron chi connectivity index (χ0n) is 14.1. The van der Waals surface area contributed by atoms with Crippen LogP contribution in [0.4, 0.5) is 11.4 Å². The number of hydrogen-bond acceptors (Lipinski definition) is 2. The van der Waals surface area contributed by atoms with Crippen LogP contribution in [0.3, 0.4) is 0 Å². The Hall–Kier alpha value is -1.96. The number of benzene rings is 2. The average molecular weight is 318 g/mol. The van der Waals surface area contributed by atoms with Gasteiger partial charge < -0.3 is 11.5 Å². The van der Waals surface area contributed by atoms with Crippen molar-refractivity contribution >= 4 is 11.4 Å². The molecule has 0 saturated heterocycles. The minimum atomic E-state index is 0.304. The summed E-state index contributed by atoms with van der Waals surface area (Å²) in [7, 11) is 0. The van der Waals surface area contributed by atoms with Gasteiger partial charge in [0.15, 0.2) is 0 Å². The molecule has 0 spiro atoms. The summed E-state index contributed by atoms with van der Waals surface area (Å²) in [5.74, 6) is 3.31. The molecule has 3 atom stereocenters. The van der Waals surface area contributed by atoms with Crippen LogP contribution in [0, 0.1) is 17.8 Å². The van der Waals surface area contributed by atoms with Crippen molar-refractivity contribution in [2.75, 3.05) is 11.5 Å². The summed E-state index contributed by atoms with van der Waals surface area (Å²) in [5, 5.41) is 0. The molecule has 4 N–H and O–H groups in total. The average Bonchev–Trinajstić information content (AvgIpc) is 2.56. The Morgan fingerprint density at radius 2 is 1.25 bits per heavy atom. The van der Waals surface area contributed by atoms with E-state index in [9.17, 15) is 0 Å². The van der Waals surface area contributed by atoms with Crippen molar-refractivity contribution in [1.29, 1.82) is 0 Å². The van der Waals surface area contributed by atoms with Gasteiger partial charge in [-0.15, -0.1) is 0 Å². The largest absolute Gasteiger partial charge is 0.399 e. The van der Waals surface area contributed by atoms with E-state index in [1.165, 1.54) is 43.2 Å². The molecule has 2 aromatic rings. The second-order valence-electron chi connectivity index (χ2n) is 8.53. The van der Waals surface area contributed by atoms with Crippen LogP contribution in [0.25, 0.3) is 0 Å². The topological polar surface area (TPSA) is 52.0 Å². The van der Waals surface area contributed by atoms with E-state index in [0.717, 1.165) is 29.1 Å². The maximum absolute atomic E-state index is 5.97. The van der Waals surface area contributed by atoms with Gasteiger partial charge in [0.2, 0.25) is 0 Å². The maximum atomic E-state index is 5.97. The predicted molar refractivity (Wildman–Crippen MR) is 99.7 cm³/mol. The van der Waals surface area contributed by atoms with Gasteiger partial charge in [0.1, 0.15) is 0 Å². The van der Waals surface area contributed by atoms with Gasteiger partial charge in [-0.1, -0.05) is 24.3 Å². The molecular formula is C22H26N2. The smallest absolute Gasteiger partial charge is 0.0314 e. The van der Waals surface area contributed by atoms with Crippen LogP contribution < -0.4 is 11.5 Å². The molecule has 24 heavy (non-hydrogen) atoms. The first-order chi connectivity index (χ1) is 11.6. The molecule has 124 valence electrons. The first-order valence-electron chi connectivity index (χ1n) is 9.35. The quantitative estimate of drug-likeness (QED) is 0.788. The molecule has 4 saturated carbocycles. The number of nitrogen functional groups attached to an aromatic ring is 2. The summed E-state index contributed by atoms with van der Waals surface area (Å²) >= 11 is 0. The molecular weight excluding hydrogens is 292 g/mol. The lowest BCUT2D eigenvalue weighted by Crippen LogP contribution is -2.53. The number of nitrogens with two attached hydrogens (primary N) is 2. The van der Waals surface area contributed by atoms with Crippen LogP contribution in [-0.2, 0) is 5.41 Å². The van der Waals surface area contributed by atoms with Crippen molar-refractivity contribution in [3.63, 3.8) is 0 Å². The predicted octanol–water partition coefficient (Wildman–Crippen LogP) is 4.71. The second kappa shape index (κ2) is 5.02. The lowest BCUT2D eigenvalue weighted by molar-refractivity contribution is -0.0280. The van der Waals surface area contributed by atoms with Crippen LogP contribution in [0.1, 0.15) is 49.1 Å². The SMILES string of the molecule is Nc1ccc(C2C3CC4CC(C3)CC2(c2ccc(N)cc2)C4)cc1. The van der Waals surface area contributed by atoms with Crippen LogP contribution in [-0.4, -0.2) is 0 Å². The molecule has 4 bridgehead atoms. The van der Waals surface area contributed by atoms with E-state index in [4.69, 9.17) is 11.5 Å². The third kappa shape index (κ3) is 2.02. The third-order valence-corrected chi connectivity index (χ3v) is 7.09. The summed E-state index contributed by atoms with van der Waals surface area (Å²) in [6.45, 7) is 0. The minimum Gasteiger partial charge on any atom is -0.399 e. The number of hydrogen-bond donors (Lipinski definition) is 2. The van der Waals surface area contributed by atoms with Gasteiger partial charge >= 0.3 is 0 Å². The molecule has 6 rings (SSSR count). The van der Waals surface area contributed by atoms with Gasteiger partial charge in [-0.25, -0.2) is 0 Å². The van der Waals surface area contributed by atoms with Crippen molar-refractivity contribution in [3.8, 4) is 0 Å². The molecule has 4 fully saturated rings. The van der Waals surface area contributed by atoms with Crippen LogP contribution in [0.5, 0.6) is 0 Å². The van der Waals surface area contributed by atoms with Gasteiger partial charge in [0.05, 0.1) is 0 Å². The van der Waals surface area contributed by atoms with Crippen molar-refractivity contribution in [1.82, 2.24) is 0 Å². The Balaban J connectivity index is 1.65. The molecule has 3 unspecified atom stereocenters. The molecule has 2 nitrogen and oxygen atoms in total. The van der Waals surface area contributed by atoms with Gasteiger partial charge in [-0.3, -0.25) is 0 Å². The van der Waals surface area contributed by atoms with E-state index < -0.39 is 0 Å². The van der Waals surface area contributed by atoms with Gasteiger partial charge in [0, 0.05) is 16.8 Å². The fourth-order valence-corrected chi connectivity index (χ4v) is 6.57. The summed E-state index contributed by atoms with van der Waals surface area (Å²) in [6, 6.07) is 17.5. The highest BCUT2D eigenvalue weighted by atomic mass is 14.6. The summed E-state index contributed by atoms with van der Waals surface area (Å²) < 4.78 is 0. The highest BCUT2D eigenvalue weighted by molar-refractivity contribution is 5.47. The highest BCUT2D eigenvalue weighted by Crippen LogP contribution is 2.66. The van der Waals surface area contributed by atoms with E-state index in [0.29, 0.717) is 11.3 Å². The highest BCUT2D eigenvalue weighted by Gasteiger charge is 2.57. The van der Waals surface area contributed by atoms with Crippen LogP contribution in [0.15, 0.2) is 48.5 Å². The molecule has 0 heterocycles. The Morgan fingerprint density at radius 1 is 0.708 bits per heavy atom. The van der Waals surface area contributed by atoms with Gasteiger partial charge in [-0.2, -0.15) is 0 Å². The summed E-state index contributed by atoms with van der Waals surface area (Å²) in [6.07, 6.45) is 6.99. The van der Waals surface area contributed by atoms with Crippen molar-refractivity contribution < 1.29 is 0 Å². The Labute approximate surface area is 144 Å². The van der Waals surface area contributed by atoms with Crippen molar-refractivity contribution in [2.45, 2.75) is 43.4 Å². The van der Waals surface area contributed by atoms with Crippen molar-refractivity contribution in [3.05, 3.63) is 59.7 Å². The third-order valence-electron chi connectivity index (χ3n) is 7.09. The number of anilines is 2. The van der Waals surface area contributed by atoms with E-state index >= 15 is 0 Å². The van der Waals surface area contributed by atoms with Crippen LogP contribution in [0.2, 0.25) is 0 Å². The van der Waals surface area contributed by atoms with E-state index in [2.05, 4.69) is 48.5 Å². The van der Waals surface area contributed by atoms with Crippen molar-refractivity contribution in [2.24, 2.45) is 17.8 Å². The first-order valence-corrected chi connectivity index (χ1v) is 9.35. The fraction of sp³-hybridized carbons (Fsp3) is 0.455. The molecule has 0 radical (unpaired) electrons.